The standard InChI is InChI=1S/C26H26FN5O2/c1-18-16-31(17-30-18)22-9-3-19(15-23(22)34-2)4-10-24-28-13-11-26(12-14-29-25(33)32(24)26)20-5-7-21(27)8-6-20/h3-10,15-17H,11-14H2,1-2H3,(H,29,33). The summed E-state index contributed by atoms with van der Waals surface area (Å²) in [6, 6.07) is 12.1. The first kappa shape index (κ1) is 21.9. The second kappa shape index (κ2) is 8.78. The van der Waals surface area contributed by atoms with Crippen molar-refractivity contribution in [1.29, 1.82) is 0 Å². The highest BCUT2D eigenvalue weighted by molar-refractivity contribution is 6.07. The number of hydrogen-bond donors (Lipinski definition) is 1. The number of carbonyl (C=O) groups excluding carboxylic acids is 1. The molecule has 3 aromatic rings. The number of imidazole rings is 1. The number of rotatable bonds is 5. The number of methoxy groups -OCH3 is 1. The monoisotopic (exact) mass is 459 g/mol. The fourth-order valence-electron chi connectivity index (χ4n) is 4.79. The molecule has 8 heteroatoms. The van der Waals surface area contributed by atoms with Gasteiger partial charge in [0.15, 0.2) is 0 Å². The lowest BCUT2D eigenvalue weighted by molar-refractivity contribution is 0.123. The zero-order chi connectivity index (χ0) is 23.7. The summed E-state index contributed by atoms with van der Waals surface area (Å²) in [6.45, 7) is 3.09. The van der Waals surface area contributed by atoms with Crippen molar-refractivity contribution >= 4 is 17.9 Å². The topological polar surface area (TPSA) is 71.8 Å². The van der Waals surface area contributed by atoms with E-state index >= 15 is 0 Å². The molecule has 1 aromatic heterocycles. The first-order valence-electron chi connectivity index (χ1n) is 11.3. The van der Waals surface area contributed by atoms with Gasteiger partial charge in [0.25, 0.3) is 0 Å². The van der Waals surface area contributed by atoms with Crippen LogP contribution >= 0.6 is 0 Å². The van der Waals surface area contributed by atoms with Crippen molar-refractivity contribution in [2.45, 2.75) is 25.3 Å². The Kier molecular flexibility index (Phi) is 5.65. The van der Waals surface area contributed by atoms with Crippen molar-refractivity contribution in [2.75, 3.05) is 20.2 Å². The fourth-order valence-corrected chi connectivity index (χ4v) is 4.79. The number of halogens is 1. The lowest BCUT2D eigenvalue weighted by Gasteiger charge is -2.49. The number of nitrogens with one attached hydrogen (secondary N) is 1. The number of urea groups is 1. The third-order valence-corrected chi connectivity index (χ3v) is 6.47. The number of amides is 2. The molecule has 0 radical (unpaired) electrons. The highest BCUT2D eigenvalue weighted by Crippen LogP contribution is 2.40. The molecule has 2 aliphatic rings. The van der Waals surface area contributed by atoms with Gasteiger partial charge in [-0.2, -0.15) is 0 Å². The maximum absolute atomic E-state index is 13.6. The van der Waals surface area contributed by atoms with Crippen LogP contribution in [-0.2, 0) is 5.54 Å². The van der Waals surface area contributed by atoms with Crippen LogP contribution in [0.5, 0.6) is 5.75 Å². The molecule has 3 heterocycles. The predicted molar refractivity (Wildman–Crippen MR) is 129 cm³/mol. The number of amidine groups is 1. The van der Waals surface area contributed by atoms with Gasteiger partial charge >= 0.3 is 6.03 Å². The van der Waals surface area contributed by atoms with E-state index in [4.69, 9.17) is 4.74 Å². The van der Waals surface area contributed by atoms with E-state index < -0.39 is 5.54 Å². The molecule has 34 heavy (non-hydrogen) atoms. The van der Waals surface area contributed by atoms with Crippen LogP contribution in [0, 0.1) is 12.7 Å². The van der Waals surface area contributed by atoms with E-state index in [0.29, 0.717) is 31.1 Å². The van der Waals surface area contributed by atoms with Gasteiger partial charge in [0.2, 0.25) is 0 Å². The van der Waals surface area contributed by atoms with Crippen LogP contribution in [0.3, 0.4) is 0 Å². The average Bonchev–Trinajstić information content (AvgIpc) is 3.28. The second-order valence-corrected chi connectivity index (χ2v) is 8.53. The minimum absolute atomic E-state index is 0.193. The Morgan fingerprint density at radius 1 is 1.15 bits per heavy atom. The molecule has 0 spiro atoms. The molecule has 1 saturated heterocycles. The Bertz CT molecular complexity index is 1280. The average molecular weight is 460 g/mol. The van der Waals surface area contributed by atoms with Crippen LogP contribution in [0.2, 0.25) is 0 Å². The van der Waals surface area contributed by atoms with Crippen LogP contribution in [0.15, 0.2) is 66.1 Å². The molecule has 2 amide bonds. The van der Waals surface area contributed by atoms with Crippen LogP contribution in [0.25, 0.3) is 11.8 Å². The molecule has 5 rings (SSSR count). The first-order chi connectivity index (χ1) is 16.5. The van der Waals surface area contributed by atoms with Gasteiger partial charge in [-0.05, 0) is 61.2 Å². The van der Waals surface area contributed by atoms with Crippen molar-refractivity contribution in [3.05, 3.63) is 83.7 Å². The van der Waals surface area contributed by atoms with E-state index in [9.17, 15) is 9.18 Å². The van der Waals surface area contributed by atoms with Gasteiger partial charge in [0.05, 0.1) is 30.4 Å². The molecule has 1 unspecified atom stereocenters. The number of benzene rings is 2. The van der Waals surface area contributed by atoms with Crippen LogP contribution in [0.4, 0.5) is 9.18 Å². The van der Waals surface area contributed by atoms with Gasteiger partial charge < -0.3 is 14.6 Å². The SMILES string of the molecule is COc1cc(C=CC2=NCCC3(c4ccc(F)cc4)CCNC(=O)N23)ccc1-n1cnc(C)c1. The normalized spacial score (nSPS) is 20.1. The number of ether oxygens (including phenoxy) is 1. The summed E-state index contributed by atoms with van der Waals surface area (Å²) in [5.74, 6) is 1.00. The summed E-state index contributed by atoms with van der Waals surface area (Å²) >= 11 is 0. The maximum atomic E-state index is 13.6. The number of aromatic nitrogens is 2. The molecule has 174 valence electrons. The molecule has 7 nitrogen and oxygen atoms in total. The zero-order valence-corrected chi connectivity index (χ0v) is 19.2. The number of fused-ring (bicyclic) bond motifs is 1. The Balaban J connectivity index is 1.47. The van der Waals surface area contributed by atoms with Gasteiger partial charge in [-0.15, -0.1) is 0 Å². The zero-order valence-electron chi connectivity index (χ0n) is 19.2. The highest BCUT2D eigenvalue weighted by Gasteiger charge is 2.47. The molecule has 0 bridgehead atoms. The molecule has 2 aromatic carbocycles. The van der Waals surface area contributed by atoms with Gasteiger partial charge in [0, 0.05) is 19.3 Å². The summed E-state index contributed by atoms with van der Waals surface area (Å²) in [7, 11) is 1.64. The second-order valence-electron chi connectivity index (χ2n) is 8.53. The van der Waals surface area contributed by atoms with Crippen molar-refractivity contribution < 1.29 is 13.9 Å². The highest BCUT2D eigenvalue weighted by atomic mass is 19.1. The summed E-state index contributed by atoms with van der Waals surface area (Å²) in [5.41, 5.74) is 3.10. The number of nitrogens with zero attached hydrogens (tertiary/aromatic N) is 4. The quantitative estimate of drug-likeness (QED) is 0.613. The molecule has 1 fully saturated rings. The molecule has 0 aliphatic carbocycles. The summed E-state index contributed by atoms with van der Waals surface area (Å²) in [6.07, 6.45) is 8.89. The van der Waals surface area contributed by atoms with E-state index in [1.807, 2.05) is 48.0 Å². The summed E-state index contributed by atoms with van der Waals surface area (Å²) < 4.78 is 21.1. The fraction of sp³-hybridized carbons (Fsp3) is 0.269. The number of hydrogen-bond acceptors (Lipinski definition) is 4. The molecule has 1 N–H and O–H groups in total. The van der Waals surface area contributed by atoms with E-state index in [0.717, 1.165) is 28.9 Å². The van der Waals surface area contributed by atoms with Crippen LogP contribution < -0.4 is 10.1 Å². The number of carbonyl (C=O) groups is 1. The van der Waals surface area contributed by atoms with Crippen LogP contribution in [-0.4, -0.2) is 46.5 Å². The summed E-state index contributed by atoms with van der Waals surface area (Å²) in [4.78, 5) is 23.7. The molecular weight excluding hydrogens is 433 g/mol. The largest absolute Gasteiger partial charge is 0.495 e. The Hall–Kier alpha value is -3.94. The minimum Gasteiger partial charge on any atom is -0.495 e. The van der Waals surface area contributed by atoms with Gasteiger partial charge in [-0.25, -0.2) is 14.2 Å². The molecular formula is C26H26FN5O2. The lowest BCUT2D eigenvalue weighted by Crippen LogP contribution is -2.62. The number of aliphatic imine (C=N–C) groups is 1. The lowest BCUT2D eigenvalue weighted by atomic mass is 9.79. The van der Waals surface area contributed by atoms with Gasteiger partial charge in [-0.3, -0.25) is 9.89 Å². The van der Waals surface area contributed by atoms with Gasteiger partial charge in [-0.1, -0.05) is 24.3 Å². The predicted octanol–water partition coefficient (Wildman–Crippen LogP) is 4.45. The van der Waals surface area contributed by atoms with E-state index in [2.05, 4.69) is 15.3 Å². The Morgan fingerprint density at radius 2 is 1.97 bits per heavy atom. The van der Waals surface area contributed by atoms with Crippen molar-refractivity contribution in [3.63, 3.8) is 0 Å². The Morgan fingerprint density at radius 3 is 2.71 bits per heavy atom. The molecule has 1 atom stereocenters. The smallest absolute Gasteiger partial charge is 0.323 e. The first-order valence-corrected chi connectivity index (χ1v) is 11.3. The summed E-state index contributed by atoms with van der Waals surface area (Å²) in [5, 5.41) is 2.93. The minimum atomic E-state index is -0.543. The third kappa shape index (κ3) is 3.85. The van der Waals surface area contributed by atoms with E-state index in [1.54, 1.807) is 30.5 Å². The maximum Gasteiger partial charge on any atom is 0.323 e. The van der Waals surface area contributed by atoms with Crippen LogP contribution in [0.1, 0.15) is 29.7 Å². The van der Waals surface area contributed by atoms with E-state index in [1.165, 1.54) is 12.1 Å². The van der Waals surface area contributed by atoms with Crippen molar-refractivity contribution in [2.24, 2.45) is 4.99 Å². The Labute approximate surface area is 197 Å². The molecule has 2 aliphatic heterocycles. The van der Waals surface area contributed by atoms with E-state index in [-0.39, 0.29) is 11.8 Å². The molecule has 0 saturated carbocycles. The van der Waals surface area contributed by atoms with Crippen molar-refractivity contribution in [3.8, 4) is 11.4 Å². The number of aryl methyl sites for hydroxylation is 1. The van der Waals surface area contributed by atoms with Gasteiger partial charge in [0.1, 0.15) is 17.4 Å². The third-order valence-electron chi connectivity index (χ3n) is 6.47. The van der Waals surface area contributed by atoms with Crippen molar-refractivity contribution in [1.82, 2.24) is 19.8 Å².